The number of aromatic amines is 1. The molecule has 0 aliphatic rings. The van der Waals surface area contributed by atoms with E-state index in [1.807, 2.05) is 0 Å². The lowest BCUT2D eigenvalue weighted by atomic mass is 10.4. The van der Waals surface area contributed by atoms with E-state index in [-0.39, 0.29) is 12.4 Å². The van der Waals surface area contributed by atoms with Gasteiger partial charge in [0.15, 0.2) is 5.15 Å². The SMILES string of the molecule is Cl.NCc1[nH]nc(Cl)c1Br. The predicted molar refractivity (Wildman–Crippen MR) is 46.4 cm³/mol. The topological polar surface area (TPSA) is 54.7 Å². The predicted octanol–water partition coefficient (Wildman–Crippen LogP) is 1.71. The number of H-pyrrole nitrogens is 1. The monoisotopic (exact) mass is 245 g/mol. The number of halogens is 3. The zero-order valence-corrected chi connectivity index (χ0v) is 8.05. The zero-order valence-electron chi connectivity index (χ0n) is 4.90. The van der Waals surface area contributed by atoms with Crippen LogP contribution in [0.3, 0.4) is 0 Å². The lowest BCUT2D eigenvalue weighted by Gasteiger charge is -1.86. The minimum atomic E-state index is 0. The van der Waals surface area contributed by atoms with E-state index >= 15 is 0 Å². The van der Waals surface area contributed by atoms with Crippen LogP contribution in [-0.4, -0.2) is 10.2 Å². The number of aromatic nitrogens is 2. The van der Waals surface area contributed by atoms with Crippen LogP contribution in [0.15, 0.2) is 4.47 Å². The van der Waals surface area contributed by atoms with Crippen molar-refractivity contribution in [3.8, 4) is 0 Å². The van der Waals surface area contributed by atoms with Crippen molar-refractivity contribution in [3.63, 3.8) is 0 Å². The summed E-state index contributed by atoms with van der Waals surface area (Å²) >= 11 is 8.77. The van der Waals surface area contributed by atoms with Crippen LogP contribution in [0.2, 0.25) is 5.15 Å². The second-order valence-electron chi connectivity index (χ2n) is 1.51. The summed E-state index contributed by atoms with van der Waals surface area (Å²) in [6, 6.07) is 0. The van der Waals surface area contributed by atoms with E-state index in [9.17, 15) is 0 Å². The van der Waals surface area contributed by atoms with Crippen LogP contribution in [0.25, 0.3) is 0 Å². The van der Waals surface area contributed by atoms with Crippen molar-refractivity contribution < 1.29 is 0 Å². The standard InChI is InChI=1S/C4H5BrClN3.ClH/c5-3-2(1-7)8-9-4(3)6;/h1,7H2,(H,8,9);1H. The van der Waals surface area contributed by atoms with Crippen molar-refractivity contribution in [3.05, 3.63) is 15.3 Å². The molecule has 1 heterocycles. The minimum Gasteiger partial charge on any atom is -0.325 e. The van der Waals surface area contributed by atoms with Gasteiger partial charge in [0.05, 0.1) is 10.2 Å². The Morgan fingerprint density at radius 2 is 2.30 bits per heavy atom. The average molecular weight is 247 g/mol. The van der Waals surface area contributed by atoms with Gasteiger partial charge >= 0.3 is 0 Å². The molecule has 3 N–H and O–H groups in total. The molecule has 0 saturated heterocycles. The summed E-state index contributed by atoms with van der Waals surface area (Å²) in [5.41, 5.74) is 6.12. The maximum absolute atomic E-state index is 5.56. The molecule has 1 rings (SSSR count). The van der Waals surface area contributed by atoms with Crippen molar-refractivity contribution in [2.24, 2.45) is 5.73 Å². The molecule has 0 aliphatic carbocycles. The molecule has 0 aromatic carbocycles. The van der Waals surface area contributed by atoms with Gasteiger partial charge < -0.3 is 5.73 Å². The van der Waals surface area contributed by atoms with Gasteiger partial charge in [-0.1, -0.05) is 11.6 Å². The smallest absolute Gasteiger partial charge is 0.165 e. The highest BCUT2D eigenvalue weighted by Crippen LogP contribution is 2.22. The van der Waals surface area contributed by atoms with Gasteiger partial charge in [0.25, 0.3) is 0 Å². The third kappa shape index (κ3) is 1.85. The third-order valence-corrected chi connectivity index (χ3v) is 2.30. The van der Waals surface area contributed by atoms with Gasteiger partial charge in [0, 0.05) is 6.54 Å². The van der Waals surface area contributed by atoms with E-state index in [1.54, 1.807) is 0 Å². The molecule has 1 aromatic rings. The molecule has 0 atom stereocenters. The van der Waals surface area contributed by atoms with Crippen molar-refractivity contribution in [1.82, 2.24) is 10.2 Å². The molecule has 6 heteroatoms. The van der Waals surface area contributed by atoms with Crippen LogP contribution in [-0.2, 0) is 6.54 Å². The van der Waals surface area contributed by atoms with Crippen LogP contribution in [0.1, 0.15) is 5.69 Å². The summed E-state index contributed by atoms with van der Waals surface area (Å²) in [5, 5.41) is 6.80. The van der Waals surface area contributed by atoms with E-state index in [1.165, 1.54) is 0 Å². The van der Waals surface area contributed by atoms with Crippen LogP contribution >= 0.6 is 39.9 Å². The van der Waals surface area contributed by atoms with Gasteiger partial charge in [-0.2, -0.15) is 5.10 Å². The van der Waals surface area contributed by atoms with Gasteiger partial charge in [-0.25, -0.2) is 0 Å². The van der Waals surface area contributed by atoms with Crippen LogP contribution < -0.4 is 5.73 Å². The highest BCUT2D eigenvalue weighted by Gasteiger charge is 2.04. The van der Waals surface area contributed by atoms with Crippen molar-refractivity contribution >= 4 is 39.9 Å². The molecule has 0 spiro atoms. The Labute approximate surface area is 77.9 Å². The van der Waals surface area contributed by atoms with Crippen LogP contribution in [0.5, 0.6) is 0 Å². The zero-order chi connectivity index (χ0) is 6.85. The summed E-state index contributed by atoms with van der Waals surface area (Å²) < 4.78 is 0.756. The second kappa shape index (κ2) is 4.18. The Balaban J connectivity index is 0.000000810. The molecule has 58 valence electrons. The first-order valence-electron chi connectivity index (χ1n) is 2.34. The van der Waals surface area contributed by atoms with E-state index < -0.39 is 0 Å². The largest absolute Gasteiger partial charge is 0.325 e. The molecular weight excluding hydrogens is 241 g/mol. The average Bonchev–Trinajstić information content (AvgIpc) is 2.15. The van der Waals surface area contributed by atoms with E-state index in [0.717, 1.165) is 10.2 Å². The highest BCUT2D eigenvalue weighted by atomic mass is 79.9. The Kier molecular flexibility index (Phi) is 4.28. The summed E-state index contributed by atoms with van der Waals surface area (Å²) in [4.78, 5) is 0. The quantitative estimate of drug-likeness (QED) is 0.793. The molecule has 0 aliphatic heterocycles. The lowest BCUT2D eigenvalue weighted by molar-refractivity contribution is 0.944. The molecule has 0 amide bonds. The Hall–Kier alpha value is 0.230. The highest BCUT2D eigenvalue weighted by molar-refractivity contribution is 9.10. The van der Waals surface area contributed by atoms with Crippen LogP contribution in [0.4, 0.5) is 0 Å². The first-order valence-corrected chi connectivity index (χ1v) is 3.51. The fourth-order valence-electron chi connectivity index (χ4n) is 0.474. The summed E-state index contributed by atoms with van der Waals surface area (Å²) in [6.07, 6.45) is 0. The van der Waals surface area contributed by atoms with Gasteiger partial charge in [0.2, 0.25) is 0 Å². The number of hydrogen-bond acceptors (Lipinski definition) is 2. The molecule has 0 radical (unpaired) electrons. The number of rotatable bonds is 1. The second-order valence-corrected chi connectivity index (χ2v) is 2.66. The van der Waals surface area contributed by atoms with E-state index in [4.69, 9.17) is 17.3 Å². The molecule has 1 aromatic heterocycles. The molecule has 0 fully saturated rings. The van der Waals surface area contributed by atoms with Crippen molar-refractivity contribution in [2.75, 3.05) is 0 Å². The molecule has 0 saturated carbocycles. The number of hydrogen-bond donors (Lipinski definition) is 2. The van der Waals surface area contributed by atoms with E-state index in [2.05, 4.69) is 26.1 Å². The normalized spacial score (nSPS) is 9.10. The number of nitrogens with one attached hydrogen (secondary N) is 1. The lowest BCUT2D eigenvalue weighted by Crippen LogP contribution is -1.96. The Morgan fingerprint density at radius 1 is 1.70 bits per heavy atom. The maximum atomic E-state index is 5.56. The fourth-order valence-corrected chi connectivity index (χ4v) is 0.970. The third-order valence-electron chi connectivity index (χ3n) is 0.939. The van der Waals surface area contributed by atoms with Gasteiger partial charge in [-0.05, 0) is 15.9 Å². The van der Waals surface area contributed by atoms with E-state index in [0.29, 0.717) is 11.7 Å². The first-order chi connectivity index (χ1) is 4.25. The van der Waals surface area contributed by atoms with Gasteiger partial charge in [-0.3, -0.25) is 5.10 Å². The molecule has 10 heavy (non-hydrogen) atoms. The molecule has 3 nitrogen and oxygen atoms in total. The van der Waals surface area contributed by atoms with Crippen molar-refractivity contribution in [2.45, 2.75) is 6.54 Å². The van der Waals surface area contributed by atoms with Gasteiger partial charge in [0.1, 0.15) is 0 Å². The number of nitrogens with two attached hydrogens (primary N) is 1. The fraction of sp³-hybridized carbons (Fsp3) is 0.250. The van der Waals surface area contributed by atoms with Gasteiger partial charge in [-0.15, -0.1) is 12.4 Å². The number of nitrogens with zero attached hydrogens (tertiary/aromatic N) is 1. The van der Waals surface area contributed by atoms with Crippen LogP contribution in [0, 0.1) is 0 Å². The Morgan fingerprint density at radius 3 is 2.50 bits per heavy atom. The Bertz CT molecular complexity index is 212. The molecular formula is C4H6BrCl2N3. The summed E-state index contributed by atoms with van der Waals surface area (Å²) in [7, 11) is 0. The maximum Gasteiger partial charge on any atom is 0.165 e. The summed E-state index contributed by atoms with van der Waals surface area (Å²) in [5.74, 6) is 0. The molecule has 0 bridgehead atoms. The first kappa shape index (κ1) is 10.2. The minimum absolute atomic E-state index is 0. The van der Waals surface area contributed by atoms with Crippen molar-refractivity contribution in [1.29, 1.82) is 0 Å². The summed E-state index contributed by atoms with van der Waals surface area (Å²) in [6.45, 7) is 0.417. The molecule has 0 unspecified atom stereocenters.